The highest BCUT2D eigenvalue weighted by molar-refractivity contribution is 8.18. The van der Waals surface area contributed by atoms with E-state index < -0.39 is 0 Å². The summed E-state index contributed by atoms with van der Waals surface area (Å²) in [5.41, 5.74) is 0.645. The first-order chi connectivity index (χ1) is 16.5. The molecule has 34 heavy (non-hydrogen) atoms. The van der Waals surface area contributed by atoms with Crippen LogP contribution in [0.25, 0.3) is 6.08 Å². The number of methoxy groups -OCH3 is 3. The number of ether oxygens (including phenoxy) is 3. The van der Waals surface area contributed by atoms with Crippen LogP contribution < -0.4 is 19.5 Å². The molecule has 2 aliphatic rings. The van der Waals surface area contributed by atoms with Crippen LogP contribution >= 0.6 is 11.8 Å². The fourth-order valence-electron chi connectivity index (χ4n) is 4.45. The molecule has 0 aromatic heterocycles. The summed E-state index contributed by atoms with van der Waals surface area (Å²) >= 11 is 0.875. The third-order valence-electron chi connectivity index (χ3n) is 6.26. The maximum Gasteiger partial charge on any atom is 0.293 e. The van der Waals surface area contributed by atoms with Gasteiger partial charge < -0.3 is 19.5 Å². The van der Waals surface area contributed by atoms with Gasteiger partial charge in [0, 0.05) is 19.5 Å². The lowest BCUT2D eigenvalue weighted by Gasteiger charge is -2.21. The topological polar surface area (TPSA) is 94.2 Å². The van der Waals surface area contributed by atoms with E-state index in [1.807, 2.05) is 0 Å². The molecule has 0 bridgehead atoms. The van der Waals surface area contributed by atoms with Crippen molar-refractivity contribution in [3.05, 3.63) is 22.6 Å². The van der Waals surface area contributed by atoms with Gasteiger partial charge in [0.15, 0.2) is 11.5 Å². The van der Waals surface area contributed by atoms with Crippen LogP contribution in [0.1, 0.15) is 56.9 Å². The van der Waals surface area contributed by atoms with Crippen LogP contribution in [-0.2, 0) is 9.59 Å². The summed E-state index contributed by atoms with van der Waals surface area (Å²) < 4.78 is 16.0. The number of rotatable bonds is 11. The van der Waals surface area contributed by atoms with E-state index in [1.165, 1.54) is 53.4 Å². The molecule has 2 fully saturated rings. The molecule has 1 aromatic rings. The Labute approximate surface area is 205 Å². The summed E-state index contributed by atoms with van der Waals surface area (Å²) in [6.45, 7) is 0.392. The lowest BCUT2D eigenvalue weighted by Crippen LogP contribution is -2.37. The SMILES string of the molecule is COc1cc(/C=C2\SC(=O)N(CCNC(=O)CCCC3CCCCC3)C2=O)cc(OC)c1OC. The number of thioether (sulfide) groups is 1. The van der Waals surface area contributed by atoms with E-state index in [2.05, 4.69) is 5.32 Å². The Morgan fingerprint density at radius 1 is 1.09 bits per heavy atom. The second kappa shape index (κ2) is 12.7. The predicted octanol–water partition coefficient (Wildman–Crippen LogP) is 4.62. The molecule has 1 saturated heterocycles. The third kappa shape index (κ3) is 6.68. The van der Waals surface area contributed by atoms with Gasteiger partial charge in [0.2, 0.25) is 11.7 Å². The number of nitrogens with zero attached hydrogens (tertiary/aromatic N) is 1. The van der Waals surface area contributed by atoms with Crippen LogP contribution in [0.4, 0.5) is 4.79 Å². The molecule has 0 atom stereocenters. The molecule has 3 rings (SSSR count). The van der Waals surface area contributed by atoms with E-state index in [0.29, 0.717) is 34.1 Å². The van der Waals surface area contributed by atoms with Crippen molar-refractivity contribution < 1.29 is 28.6 Å². The number of nitrogens with one attached hydrogen (secondary N) is 1. The number of imide groups is 1. The molecule has 0 spiro atoms. The molecular formula is C25H34N2O6S. The molecule has 1 saturated carbocycles. The third-order valence-corrected chi connectivity index (χ3v) is 7.16. The van der Waals surface area contributed by atoms with E-state index in [9.17, 15) is 14.4 Å². The first-order valence-electron chi connectivity index (χ1n) is 11.8. The number of hydrogen-bond acceptors (Lipinski definition) is 7. The number of hydrogen-bond donors (Lipinski definition) is 1. The minimum absolute atomic E-state index is 0.0317. The van der Waals surface area contributed by atoms with Gasteiger partial charge in [-0.3, -0.25) is 19.3 Å². The molecule has 1 N–H and O–H groups in total. The smallest absolute Gasteiger partial charge is 0.293 e. The van der Waals surface area contributed by atoms with Gasteiger partial charge >= 0.3 is 0 Å². The van der Waals surface area contributed by atoms with Gasteiger partial charge in [0.25, 0.3) is 11.1 Å². The van der Waals surface area contributed by atoms with Gasteiger partial charge in [0.1, 0.15) is 0 Å². The highest BCUT2D eigenvalue weighted by Crippen LogP contribution is 2.40. The Morgan fingerprint density at radius 2 is 1.76 bits per heavy atom. The first kappa shape index (κ1) is 25.9. The number of carbonyl (C=O) groups excluding carboxylic acids is 3. The summed E-state index contributed by atoms with van der Waals surface area (Å²) in [5.74, 6) is 1.71. The number of benzene rings is 1. The van der Waals surface area contributed by atoms with Crippen LogP contribution in [0.5, 0.6) is 17.2 Å². The van der Waals surface area contributed by atoms with E-state index in [0.717, 1.165) is 35.4 Å². The van der Waals surface area contributed by atoms with Gasteiger partial charge in [-0.2, -0.15) is 0 Å². The zero-order chi connectivity index (χ0) is 24.5. The molecule has 8 nitrogen and oxygen atoms in total. The molecule has 1 heterocycles. The maximum atomic E-state index is 12.8. The maximum absolute atomic E-state index is 12.8. The fraction of sp³-hybridized carbons (Fsp3) is 0.560. The quantitative estimate of drug-likeness (QED) is 0.453. The Kier molecular flexibility index (Phi) is 9.68. The number of carbonyl (C=O) groups is 3. The lowest BCUT2D eigenvalue weighted by atomic mass is 9.86. The monoisotopic (exact) mass is 490 g/mol. The van der Waals surface area contributed by atoms with Crippen LogP contribution in [0, 0.1) is 5.92 Å². The van der Waals surface area contributed by atoms with Crippen molar-refractivity contribution in [3.8, 4) is 17.2 Å². The standard InChI is InChI=1S/C25H34N2O6S/c1-31-19-14-18(15-20(32-2)23(19)33-3)16-21-24(29)27(25(30)34-21)13-12-26-22(28)11-7-10-17-8-5-4-6-9-17/h14-17H,4-13H2,1-3H3,(H,26,28)/b21-16-. The Balaban J connectivity index is 1.51. The summed E-state index contributed by atoms with van der Waals surface area (Å²) in [6, 6.07) is 3.42. The van der Waals surface area contributed by atoms with Gasteiger partial charge in [-0.15, -0.1) is 0 Å². The van der Waals surface area contributed by atoms with Crippen LogP contribution in [0.3, 0.4) is 0 Å². The van der Waals surface area contributed by atoms with E-state index in [1.54, 1.807) is 18.2 Å². The van der Waals surface area contributed by atoms with Crippen molar-refractivity contribution in [1.82, 2.24) is 10.2 Å². The Morgan fingerprint density at radius 3 is 2.38 bits per heavy atom. The van der Waals surface area contributed by atoms with Gasteiger partial charge in [0.05, 0.1) is 26.2 Å². The second-order valence-electron chi connectivity index (χ2n) is 8.54. The van der Waals surface area contributed by atoms with E-state index >= 15 is 0 Å². The Hall–Kier alpha value is -2.68. The first-order valence-corrected chi connectivity index (χ1v) is 12.6. The average molecular weight is 491 g/mol. The Bertz CT molecular complexity index is 901. The molecule has 186 valence electrons. The minimum atomic E-state index is -0.379. The second-order valence-corrected chi connectivity index (χ2v) is 9.53. The van der Waals surface area contributed by atoms with Crippen LogP contribution in [0.15, 0.2) is 17.0 Å². The van der Waals surface area contributed by atoms with Crippen molar-refractivity contribution in [2.24, 2.45) is 5.92 Å². The van der Waals surface area contributed by atoms with E-state index in [4.69, 9.17) is 14.2 Å². The van der Waals surface area contributed by atoms with Gasteiger partial charge in [-0.25, -0.2) is 0 Å². The fourth-order valence-corrected chi connectivity index (χ4v) is 5.32. The molecule has 1 aromatic carbocycles. The summed E-state index contributed by atoms with van der Waals surface area (Å²) in [4.78, 5) is 38.8. The highest BCUT2D eigenvalue weighted by atomic mass is 32.2. The molecule has 0 radical (unpaired) electrons. The predicted molar refractivity (Wildman–Crippen MR) is 132 cm³/mol. The van der Waals surface area contributed by atoms with Crippen molar-refractivity contribution >= 4 is 34.9 Å². The van der Waals surface area contributed by atoms with Crippen LogP contribution in [-0.4, -0.2) is 56.4 Å². The van der Waals surface area contributed by atoms with E-state index in [-0.39, 0.29) is 30.1 Å². The molecule has 1 aliphatic heterocycles. The molecule has 3 amide bonds. The summed E-state index contributed by atoms with van der Waals surface area (Å²) in [7, 11) is 4.54. The largest absolute Gasteiger partial charge is 0.493 e. The highest BCUT2D eigenvalue weighted by Gasteiger charge is 2.34. The molecular weight excluding hydrogens is 456 g/mol. The van der Waals surface area contributed by atoms with Crippen molar-refractivity contribution in [2.75, 3.05) is 34.4 Å². The van der Waals surface area contributed by atoms with Crippen molar-refractivity contribution in [2.45, 2.75) is 51.4 Å². The summed E-state index contributed by atoms with van der Waals surface area (Å²) in [6.07, 6.45) is 10.6. The zero-order valence-electron chi connectivity index (χ0n) is 20.2. The average Bonchev–Trinajstić information content (AvgIpc) is 3.11. The van der Waals surface area contributed by atoms with Gasteiger partial charge in [-0.1, -0.05) is 32.1 Å². The molecule has 9 heteroatoms. The van der Waals surface area contributed by atoms with Crippen LogP contribution in [0.2, 0.25) is 0 Å². The molecule has 1 aliphatic carbocycles. The minimum Gasteiger partial charge on any atom is -0.493 e. The number of amides is 3. The van der Waals surface area contributed by atoms with Crippen molar-refractivity contribution in [3.63, 3.8) is 0 Å². The lowest BCUT2D eigenvalue weighted by molar-refractivity contribution is -0.124. The summed E-state index contributed by atoms with van der Waals surface area (Å²) in [5, 5.41) is 2.48. The zero-order valence-corrected chi connectivity index (χ0v) is 21.0. The molecule has 0 unspecified atom stereocenters. The van der Waals surface area contributed by atoms with Crippen molar-refractivity contribution in [1.29, 1.82) is 0 Å². The normalized spacial score (nSPS) is 17.9. The van der Waals surface area contributed by atoms with Gasteiger partial charge in [-0.05, 0) is 54.3 Å².